The van der Waals surface area contributed by atoms with E-state index in [1.807, 2.05) is 0 Å². The fourth-order valence-electron chi connectivity index (χ4n) is 3.23. The van der Waals surface area contributed by atoms with E-state index in [1.165, 1.54) is 26.4 Å². The molecule has 12 heteroatoms. The number of hydrogen-bond donors (Lipinski definition) is 3. The molecule has 0 saturated carbocycles. The van der Waals surface area contributed by atoms with Gasteiger partial charge in [0.2, 0.25) is 5.82 Å². The molecule has 0 spiro atoms. The average molecular weight is 480 g/mol. The topological polar surface area (TPSA) is 129 Å². The summed E-state index contributed by atoms with van der Waals surface area (Å²) in [6, 6.07) is 5.54. The average Bonchev–Trinajstić information content (AvgIpc) is 2.77. The highest BCUT2D eigenvalue weighted by Crippen LogP contribution is 2.37. The Bertz CT molecular complexity index is 1200. The third-order valence-electron chi connectivity index (χ3n) is 4.88. The predicted molar refractivity (Wildman–Crippen MR) is 118 cm³/mol. The first kappa shape index (κ1) is 24.8. The van der Waals surface area contributed by atoms with Crippen molar-refractivity contribution in [3.63, 3.8) is 0 Å². The van der Waals surface area contributed by atoms with Crippen molar-refractivity contribution in [2.24, 2.45) is 0 Å². The predicted octanol–water partition coefficient (Wildman–Crippen LogP) is 4.14. The Morgan fingerprint density at radius 3 is 2.47 bits per heavy atom. The number of aromatic nitrogens is 2. The molecule has 0 saturated heterocycles. The maximum Gasteiger partial charge on any atom is 0.416 e. The zero-order chi connectivity index (χ0) is 25.0. The molecule has 3 rings (SSSR count). The van der Waals surface area contributed by atoms with Crippen molar-refractivity contribution >= 4 is 28.4 Å². The Labute approximate surface area is 192 Å². The molecule has 0 fully saturated rings. The zero-order valence-electron chi connectivity index (χ0n) is 18.6. The first-order chi connectivity index (χ1) is 16.0. The van der Waals surface area contributed by atoms with Gasteiger partial charge in [-0.05, 0) is 36.8 Å². The molecule has 0 bridgehead atoms. The Morgan fingerprint density at radius 2 is 1.85 bits per heavy atom. The van der Waals surface area contributed by atoms with Crippen molar-refractivity contribution in [3.05, 3.63) is 47.3 Å². The molecule has 0 aliphatic heterocycles. The van der Waals surface area contributed by atoms with Crippen LogP contribution in [0, 0.1) is 0 Å². The smallest absolute Gasteiger partial charge is 0.416 e. The van der Waals surface area contributed by atoms with Crippen molar-refractivity contribution in [2.45, 2.75) is 19.1 Å². The number of anilines is 2. The molecule has 0 aliphatic rings. The lowest BCUT2D eigenvalue weighted by Gasteiger charge is -2.19. The SMILES string of the molecule is COCCOc1cc2c(NC(C)c3cc(N)cc(C(F)(F)F)c3)nc(C(=O)O)nc2cc1OC. The van der Waals surface area contributed by atoms with Crippen molar-refractivity contribution < 1.29 is 37.3 Å². The molecule has 2 aromatic carbocycles. The van der Waals surface area contributed by atoms with Crippen LogP contribution < -0.4 is 20.5 Å². The number of nitrogens with two attached hydrogens (primary N) is 1. The minimum atomic E-state index is -4.58. The van der Waals surface area contributed by atoms with Crippen LogP contribution in [0.4, 0.5) is 24.7 Å². The number of carbonyl (C=O) groups is 1. The minimum Gasteiger partial charge on any atom is -0.493 e. The minimum absolute atomic E-state index is 0.0594. The van der Waals surface area contributed by atoms with Crippen molar-refractivity contribution in [2.75, 3.05) is 38.5 Å². The fraction of sp³-hybridized carbons (Fsp3) is 0.318. The van der Waals surface area contributed by atoms with E-state index in [-0.39, 0.29) is 29.2 Å². The number of aromatic carboxylic acids is 1. The maximum atomic E-state index is 13.2. The highest BCUT2D eigenvalue weighted by atomic mass is 19.4. The van der Waals surface area contributed by atoms with E-state index in [4.69, 9.17) is 19.9 Å². The lowest BCUT2D eigenvalue weighted by Crippen LogP contribution is -2.14. The van der Waals surface area contributed by atoms with Gasteiger partial charge in [-0.15, -0.1) is 0 Å². The molecule has 0 radical (unpaired) electrons. The molecule has 0 aliphatic carbocycles. The van der Waals surface area contributed by atoms with Gasteiger partial charge in [-0.25, -0.2) is 14.8 Å². The third kappa shape index (κ3) is 5.57. The van der Waals surface area contributed by atoms with Gasteiger partial charge in [-0.1, -0.05) is 0 Å². The van der Waals surface area contributed by atoms with Crippen LogP contribution in [0.15, 0.2) is 30.3 Å². The molecule has 1 atom stereocenters. The highest BCUT2D eigenvalue weighted by Gasteiger charge is 2.31. The molecule has 9 nitrogen and oxygen atoms in total. The van der Waals surface area contributed by atoms with Gasteiger partial charge < -0.3 is 30.4 Å². The first-order valence-corrected chi connectivity index (χ1v) is 10.0. The van der Waals surface area contributed by atoms with Crippen molar-refractivity contribution in [1.29, 1.82) is 0 Å². The number of nitrogens with one attached hydrogen (secondary N) is 1. The number of benzene rings is 2. The van der Waals surface area contributed by atoms with E-state index in [0.717, 1.165) is 12.1 Å². The van der Waals surface area contributed by atoms with Crippen LogP contribution >= 0.6 is 0 Å². The van der Waals surface area contributed by atoms with Crippen LogP contribution in [0.5, 0.6) is 11.5 Å². The number of nitrogen functional groups attached to an aromatic ring is 1. The largest absolute Gasteiger partial charge is 0.493 e. The van der Waals surface area contributed by atoms with E-state index >= 15 is 0 Å². The lowest BCUT2D eigenvalue weighted by molar-refractivity contribution is -0.137. The van der Waals surface area contributed by atoms with Gasteiger partial charge in [0.1, 0.15) is 12.4 Å². The molecular formula is C22H23F3N4O5. The Kier molecular flexibility index (Phi) is 7.30. The number of nitrogens with zero attached hydrogens (tertiary/aromatic N) is 2. The fourth-order valence-corrected chi connectivity index (χ4v) is 3.23. The number of rotatable bonds is 9. The first-order valence-electron chi connectivity index (χ1n) is 10.0. The summed E-state index contributed by atoms with van der Waals surface area (Å²) < 4.78 is 55.7. The second kappa shape index (κ2) is 10.00. The van der Waals surface area contributed by atoms with Crippen LogP contribution in [0.1, 0.15) is 34.7 Å². The van der Waals surface area contributed by atoms with Gasteiger partial charge in [0, 0.05) is 24.2 Å². The molecule has 1 heterocycles. The number of halogens is 3. The summed E-state index contributed by atoms with van der Waals surface area (Å²) in [5, 5.41) is 12.8. The maximum absolute atomic E-state index is 13.2. The summed E-state index contributed by atoms with van der Waals surface area (Å²) in [6.07, 6.45) is -4.58. The lowest BCUT2D eigenvalue weighted by atomic mass is 10.0. The highest BCUT2D eigenvalue weighted by molar-refractivity contribution is 5.95. The van der Waals surface area contributed by atoms with E-state index in [0.29, 0.717) is 23.5 Å². The Hall–Kier alpha value is -3.80. The number of hydrogen-bond acceptors (Lipinski definition) is 8. The van der Waals surface area contributed by atoms with E-state index in [2.05, 4.69) is 15.3 Å². The summed E-state index contributed by atoms with van der Waals surface area (Å²) in [5.74, 6) is -1.15. The quantitative estimate of drug-likeness (QED) is 0.306. The third-order valence-corrected chi connectivity index (χ3v) is 4.88. The number of carboxylic acid groups (broad SMARTS) is 1. The summed E-state index contributed by atoms with van der Waals surface area (Å²) in [7, 11) is 2.94. The number of alkyl halides is 3. The summed E-state index contributed by atoms with van der Waals surface area (Å²) in [5.41, 5.74) is 5.20. The van der Waals surface area contributed by atoms with E-state index < -0.39 is 29.6 Å². The summed E-state index contributed by atoms with van der Waals surface area (Å²) >= 11 is 0. The van der Waals surface area contributed by atoms with Crippen LogP contribution in [-0.2, 0) is 10.9 Å². The molecule has 1 aromatic heterocycles. The van der Waals surface area contributed by atoms with Crippen molar-refractivity contribution in [1.82, 2.24) is 9.97 Å². The molecule has 0 amide bonds. The summed E-state index contributed by atoms with van der Waals surface area (Å²) in [4.78, 5) is 19.7. The second-order valence-electron chi connectivity index (χ2n) is 7.31. The standard InChI is InChI=1S/C22H23F3N4O5/c1-11(12-6-13(22(23,24)25)8-14(26)7-12)27-19-15-9-18(34-5-4-32-2)17(33-3)10-16(15)28-20(29-19)21(30)31/h6-11H,4-5,26H2,1-3H3,(H,30,31)(H,27,28,29). The van der Waals surface area contributed by atoms with Crippen molar-refractivity contribution in [3.8, 4) is 11.5 Å². The van der Waals surface area contributed by atoms with Gasteiger partial charge in [0.15, 0.2) is 11.5 Å². The summed E-state index contributed by atoms with van der Waals surface area (Å²) in [6.45, 7) is 2.13. The van der Waals surface area contributed by atoms with E-state index in [1.54, 1.807) is 13.0 Å². The molecule has 3 aromatic rings. The van der Waals surface area contributed by atoms with Gasteiger partial charge >= 0.3 is 12.1 Å². The van der Waals surface area contributed by atoms with Crippen LogP contribution in [0.3, 0.4) is 0 Å². The molecule has 4 N–H and O–H groups in total. The normalized spacial score (nSPS) is 12.4. The molecule has 1 unspecified atom stereocenters. The van der Waals surface area contributed by atoms with Gasteiger partial charge in [-0.2, -0.15) is 13.2 Å². The van der Waals surface area contributed by atoms with Crippen LogP contribution in [-0.4, -0.2) is 48.5 Å². The Morgan fingerprint density at radius 1 is 1.12 bits per heavy atom. The van der Waals surface area contributed by atoms with E-state index in [9.17, 15) is 23.1 Å². The second-order valence-corrected chi connectivity index (χ2v) is 7.31. The molecule has 34 heavy (non-hydrogen) atoms. The van der Waals surface area contributed by atoms with Gasteiger partial charge in [0.05, 0.1) is 30.8 Å². The number of fused-ring (bicyclic) bond motifs is 1. The molecule has 182 valence electrons. The Balaban J connectivity index is 2.08. The molecular weight excluding hydrogens is 457 g/mol. The number of methoxy groups -OCH3 is 2. The van der Waals surface area contributed by atoms with Gasteiger partial charge in [0.25, 0.3) is 0 Å². The van der Waals surface area contributed by atoms with Crippen LogP contribution in [0.25, 0.3) is 10.9 Å². The zero-order valence-corrected chi connectivity index (χ0v) is 18.6. The van der Waals surface area contributed by atoms with Gasteiger partial charge in [-0.3, -0.25) is 0 Å². The monoisotopic (exact) mass is 480 g/mol. The number of carboxylic acids is 1. The number of ether oxygens (including phenoxy) is 3. The van der Waals surface area contributed by atoms with Crippen LogP contribution in [0.2, 0.25) is 0 Å².